The number of thioether (sulfide) groups is 1. The summed E-state index contributed by atoms with van der Waals surface area (Å²) < 4.78 is 0. The predicted molar refractivity (Wildman–Crippen MR) is 156 cm³/mol. The van der Waals surface area contributed by atoms with Crippen LogP contribution in [-0.4, -0.2) is 22.0 Å². The quantitative estimate of drug-likeness (QED) is 0.0897. The minimum Gasteiger partial charge on any atom is -0.179 e. The van der Waals surface area contributed by atoms with Crippen LogP contribution in [0, 0.1) is 0 Å². The van der Waals surface area contributed by atoms with Gasteiger partial charge in [-0.25, -0.2) is 0 Å². The minimum absolute atomic E-state index is 0.825. The highest BCUT2D eigenvalue weighted by Gasteiger charge is 2.16. The molecule has 0 aromatic rings. The fourth-order valence-corrected chi connectivity index (χ4v) is 7.12. The van der Waals surface area contributed by atoms with E-state index in [9.17, 15) is 0 Å². The molecule has 0 aliphatic carbocycles. The Kier molecular flexibility index (Phi) is 28.2. The van der Waals surface area contributed by atoms with Gasteiger partial charge in [0.1, 0.15) is 0 Å². The van der Waals surface area contributed by atoms with Gasteiger partial charge in [0.2, 0.25) is 0 Å². The molecule has 0 aliphatic heterocycles. The van der Waals surface area contributed by atoms with E-state index in [1.807, 2.05) is 0 Å². The lowest BCUT2D eigenvalue weighted by Gasteiger charge is -2.23. The monoisotopic (exact) mass is 490 g/mol. The van der Waals surface area contributed by atoms with Crippen molar-refractivity contribution in [2.24, 2.45) is 0 Å². The molecule has 31 heavy (non-hydrogen) atoms. The molecule has 0 spiro atoms. The van der Waals surface area contributed by atoms with E-state index < -0.39 is 0 Å². The maximum absolute atomic E-state index is 4.56. The van der Waals surface area contributed by atoms with Crippen LogP contribution in [-0.2, 0) is 0 Å². The zero-order chi connectivity index (χ0) is 22.8. The van der Waals surface area contributed by atoms with Crippen LogP contribution in [0.2, 0.25) is 0 Å². The lowest BCUT2D eigenvalue weighted by atomic mass is 10.1. The second kappa shape index (κ2) is 27.3. The molecule has 0 N–H and O–H groups in total. The SMILES string of the molecule is CCCCCCCCCCCC(CCS)SC(CCS)CCCCCCCCCCC. The highest BCUT2D eigenvalue weighted by Crippen LogP contribution is 2.31. The molecule has 0 rings (SSSR count). The summed E-state index contributed by atoms with van der Waals surface area (Å²) in [5, 5.41) is 1.65. The van der Waals surface area contributed by atoms with E-state index in [-0.39, 0.29) is 0 Å². The molecule has 0 amide bonds. The Hall–Kier alpha value is 1.05. The van der Waals surface area contributed by atoms with Crippen molar-refractivity contribution in [2.45, 2.75) is 166 Å². The van der Waals surface area contributed by atoms with Gasteiger partial charge < -0.3 is 0 Å². The predicted octanol–water partition coefficient (Wildman–Crippen LogP) is 10.9. The number of hydrogen-bond donors (Lipinski definition) is 2. The molecule has 0 aromatic heterocycles. The zero-order valence-electron chi connectivity index (χ0n) is 21.4. The van der Waals surface area contributed by atoms with Crippen molar-refractivity contribution < 1.29 is 0 Å². The van der Waals surface area contributed by atoms with Crippen LogP contribution in [0.5, 0.6) is 0 Å². The molecule has 3 heteroatoms. The fraction of sp³-hybridized carbons (Fsp3) is 1.00. The third-order valence-corrected chi connectivity index (χ3v) is 8.78. The van der Waals surface area contributed by atoms with Crippen LogP contribution in [0.25, 0.3) is 0 Å². The van der Waals surface area contributed by atoms with Crippen LogP contribution in [0.4, 0.5) is 0 Å². The normalized spacial score (nSPS) is 13.5. The average molecular weight is 491 g/mol. The summed E-state index contributed by atoms with van der Waals surface area (Å²) in [4.78, 5) is 0. The third-order valence-electron chi connectivity index (χ3n) is 6.55. The van der Waals surface area contributed by atoms with Crippen molar-refractivity contribution in [3.05, 3.63) is 0 Å². The number of rotatable bonds is 26. The molecular formula is C28H58S3. The van der Waals surface area contributed by atoms with Crippen LogP contribution in [0.15, 0.2) is 0 Å². The van der Waals surface area contributed by atoms with Crippen molar-refractivity contribution in [3.8, 4) is 0 Å². The summed E-state index contributed by atoms with van der Waals surface area (Å²) in [6.07, 6.45) is 31.2. The first kappa shape index (κ1) is 32.0. The first-order chi connectivity index (χ1) is 15.3. The largest absolute Gasteiger partial charge is 0.179 e. The standard InChI is InChI=1S/C28H58S3/c1-3-5-7-9-11-13-15-17-19-21-27(23-25-29)31-28(24-26-30)22-20-18-16-14-12-10-8-6-4-2/h27-30H,3-26H2,1-2H3. The van der Waals surface area contributed by atoms with E-state index in [0.717, 1.165) is 22.0 Å². The highest BCUT2D eigenvalue weighted by molar-refractivity contribution is 8.00. The molecule has 0 saturated heterocycles. The number of thiol groups is 2. The molecule has 0 radical (unpaired) electrons. The third kappa shape index (κ3) is 24.0. The van der Waals surface area contributed by atoms with E-state index in [1.54, 1.807) is 0 Å². The molecule has 0 nitrogen and oxygen atoms in total. The second-order valence-electron chi connectivity index (χ2n) is 9.64. The lowest BCUT2D eigenvalue weighted by molar-refractivity contribution is 0.546. The van der Waals surface area contributed by atoms with Gasteiger partial charge in [-0.1, -0.05) is 129 Å². The Balaban J connectivity index is 3.88. The molecular weight excluding hydrogens is 433 g/mol. The summed E-state index contributed by atoms with van der Waals surface area (Å²) in [7, 11) is 0. The minimum atomic E-state index is 0.825. The van der Waals surface area contributed by atoms with Gasteiger partial charge in [0, 0.05) is 10.5 Å². The van der Waals surface area contributed by atoms with Gasteiger partial charge in [-0.05, 0) is 37.2 Å². The van der Waals surface area contributed by atoms with Gasteiger partial charge in [-0.15, -0.1) is 0 Å². The highest BCUT2D eigenvalue weighted by atomic mass is 32.2. The summed E-state index contributed by atoms with van der Waals surface area (Å²) >= 11 is 11.4. The second-order valence-corrected chi connectivity index (χ2v) is 12.1. The average Bonchev–Trinajstić information content (AvgIpc) is 2.77. The van der Waals surface area contributed by atoms with Crippen LogP contribution >= 0.6 is 37.0 Å². The topological polar surface area (TPSA) is 0 Å². The molecule has 0 aromatic carbocycles. The number of unbranched alkanes of at least 4 members (excludes halogenated alkanes) is 16. The van der Waals surface area contributed by atoms with Crippen molar-refractivity contribution in [2.75, 3.05) is 11.5 Å². The Labute approximate surface area is 213 Å². The van der Waals surface area contributed by atoms with Gasteiger partial charge in [0.25, 0.3) is 0 Å². The maximum atomic E-state index is 4.56. The number of hydrogen-bond acceptors (Lipinski definition) is 3. The molecule has 188 valence electrons. The molecule has 0 bridgehead atoms. The van der Waals surface area contributed by atoms with Crippen LogP contribution < -0.4 is 0 Å². The molecule has 0 heterocycles. The Morgan fingerprint density at radius 1 is 0.419 bits per heavy atom. The van der Waals surface area contributed by atoms with Crippen molar-refractivity contribution in [3.63, 3.8) is 0 Å². The van der Waals surface area contributed by atoms with Gasteiger partial charge in [0.15, 0.2) is 0 Å². The Morgan fingerprint density at radius 3 is 1.00 bits per heavy atom. The fourth-order valence-electron chi connectivity index (χ4n) is 4.49. The maximum Gasteiger partial charge on any atom is 0.00575 e. The first-order valence-electron chi connectivity index (χ1n) is 14.2. The van der Waals surface area contributed by atoms with Crippen molar-refractivity contribution in [1.82, 2.24) is 0 Å². The van der Waals surface area contributed by atoms with Gasteiger partial charge in [0.05, 0.1) is 0 Å². The van der Waals surface area contributed by atoms with Crippen LogP contribution in [0.1, 0.15) is 155 Å². The smallest absolute Gasteiger partial charge is 0.00575 e. The van der Waals surface area contributed by atoms with Crippen molar-refractivity contribution in [1.29, 1.82) is 0 Å². The van der Waals surface area contributed by atoms with E-state index in [0.29, 0.717) is 0 Å². The molecule has 2 unspecified atom stereocenters. The lowest BCUT2D eigenvalue weighted by Crippen LogP contribution is -2.13. The van der Waals surface area contributed by atoms with Gasteiger partial charge >= 0.3 is 0 Å². The summed E-state index contributed by atoms with van der Waals surface area (Å²) in [6, 6.07) is 0. The molecule has 2 atom stereocenters. The zero-order valence-corrected chi connectivity index (χ0v) is 24.0. The van der Waals surface area contributed by atoms with Crippen molar-refractivity contribution >= 4 is 37.0 Å². The summed E-state index contributed by atoms with van der Waals surface area (Å²) in [5.41, 5.74) is 0. The Bertz CT molecular complexity index is 291. The molecule has 0 fully saturated rings. The molecule has 0 saturated carbocycles. The van der Waals surface area contributed by atoms with E-state index in [1.165, 1.54) is 141 Å². The first-order valence-corrected chi connectivity index (χ1v) is 16.4. The Morgan fingerprint density at radius 2 is 0.710 bits per heavy atom. The summed E-state index contributed by atoms with van der Waals surface area (Å²) in [6.45, 7) is 4.60. The van der Waals surface area contributed by atoms with E-state index in [2.05, 4.69) is 50.9 Å². The summed E-state index contributed by atoms with van der Waals surface area (Å²) in [5.74, 6) is 2.08. The van der Waals surface area contributed by atoms with Gasteiger partial charge in [-0.2, -0.15) is 37.0 Å². The van der Waals surface area contributed by atoms with Crippen LogP contribution in [0.3, 0.4) is 0 Å². The van der Waals surface area contributed by atoms with E-state index in [4.69, 9.17) is 0 Å². The van der Waals surface area contributed by atoms with Gasteiger partial charge in [-0.3, -0.25) is 0 Å². The molecule has 0 aliphatic rings. The van der Waals surface area contributed by atoms with E-state index >= 15 is 0 Å².